The van der Waals surface area contributed by atoms with Gasteiger partial charge in [-0.2, -0.15) is 0 Å². The minimum atomic E-state index is -0.885. The lowest BCUT2D eigenvalue weighted by molar-refractivity contribution is -0.143. The van der Waals surface area contributed by atoms with Crippen LogP contribution in [0.25, 0.3) is 0 Å². The normalized spacial score (nSPS) is 40.4. The van der Waals surface area contributed by atoms with Gasteiger partial charge in [0.2, 0.25) is 0 Å². The first-order valence-corrected chi connectivity index (χ1v) is 6.39. The van der Waals surface area contributed by atoms with Crippen LogP contribution in [0.5, 0.6) is 0 Å². The third-order valence-corrected chi connectivity index (χ3v) is 4.57. The van der Waals surface area contributed by atoms with Gasteiger partial charge in [0, 0.05) is 0 Å². The fourth-order valence-corrected chi connectivity index (χ4v) is 3.86. The zero-order valence-electron chi connectivity index (χ0n) is 9.98. The summed E-state index contributed by atoms with van der Waals surface area (Å²) in [6.07, 6.45) is 6.41. The third kappa shape index (κ3) is 2.40. The van der Waals surface area contributed by atoms with Gasteiger partial charge in [0.1, 0.15) is 0 Å². The first-order valence-electron chi connectivity index (χ1n) is 6.39. The van der Waals surface area contributed by atoms with E-state index in [2.05, 4.69) is 6.92 Å². The maximum Gasteiger partial charge on any atom is 0.305 e. The monoisotopic (exact) mass is 226 g/mol. The molecule has 2 aliphatic carbocycles. The maximum atomic E-state index is 10.7. The van der Waals surface area contributed by atoms with Gasteiger partial charge in [-0.3, -0.25) is 4.79 Å². The molecule has 3 heteroatoms. The summed E-state index contributed by atoms with van der Waals surface area (Å²) in [6, 6.07) is 0. The lowest BCUT2D eigenvalue weighted by atomic mass is 9.59. The number of hydrogen-bond acceptors (Lipinski definition) is 2. The first kappa shape index (κ1) is 11.9. The van der Waals surface area contributed by atoms with Gasteiger partial charge in [0.25, 0.3) is 0 Å². The van der Waals surface area contributed by atoms with E-state index in [4.69, 9.17) is 5.11 Å². The summed E-state index contributed by atoms with van der Waals surface area (Å²) in [5.41, 5.74) is -0.160. The highest BCUT2D eigenvalue weighted by molar-refractivity contribution is 5.67. The Balaban J connectivity index is 2.03. The predicted octanol–water partition coefficient (Wildman–Crippen LogP) is 2.43. The highest BCUT2D eigenvalue weighted by Gasteiger charge is 2.43. The van der Waals surface area contributed by atoms with Crippen molar-refractivity contribution < 1.29 is 15.0 Å². The highest BCUT2D eigenvalue weighted by atomic mass is 16.4. The smallest absolute Gasteiger partial charge is 0.305 e. The molecule has 16 heavy (non-hydrogen) atoms. The molecular formula is C13H22O3. The summed E-state index contributed by atoms with van der Waals surface area (Å²) >= 11 is 0. The molecule has 0 saturated heterocycles. The lowest BCUT2D eigenvalue weighted by Crippen LogP contribution is -2.42. The van der Waals surface area contributed by atoms with Crippen LogP contribution in [-0.2, 0) is 4.79 Å². The molecule has 0 aromatic rings. The molecule has 0 aromatic carbocycles. The zero-order valence-corrected chi connectivity index (χ0v) is 9.98. The Labute approximate surface area is 96.9 Å². The molecule has 0 amide bonds. The second-order valence-electron chi connectivity index (χ2n) is 6.07. The van der Waals surface area contributed by atoms with Gasteiger partial charge in [-0.15, -0.1) is 0 Å². The van der Waals surface area contributed by atoms with Crippen LogP contribution in [0, 0.1) is 17.3 Å². The Morgan fingerprint density at radius 3 is 2.44 bits per heavy atom. The van der Waals surface area contributed by atoms with Crippen molar-refractivity contribution >= 4 is 5.97 Å². The Hall–Kier alpha value is -0.570. The van der Waals surface area contributed by atoms with Crippen molar-refractivity contribution in [3.05, 3.63) is 0 Å². The summed E-state index contributed by atoms with van der Waals surface area (Å²) in [6.45, 7) is 2.07. The summed E-state index contributed by atoms with van der Waals surface area (Å²) in [7, 11) is 0. The number of rotatable bonds is 3. The van der Waals surface area contributed by atoms with Crippen LogP contribution in [0.4, 0.5) is 0 Å². The quantitative estimate of drug-likeness (QED) is 0.777. The maximum absolute atomic E-state index is 10.7. The number of aliphatic hydroxyl groups excluding tert-OH is 1. The van der Waals surface area contributed by atoms with Crippen LogP contribution in [-0.4, -0.2) is 22.3 Å². The van der Waals surface area contributed by atoms with Crippen molar-refractivity contribution in [2.45, 2.75) is 58.0 Å². The molecule has 0 spiro atoms. The SMILES string of the molecule is CC1(C(O)CC(=O)O)CC2CCCC(C2)C1. The van der Waals surface area contributed by atoms with Crippen molar-refractivity contribution in [1.29, 1.82) is 0 Å². The number of hydrogen-bond donors (Lipinski definition) is 2. The standard InChI is InChI=1S/C13H22O3/c1-13(11(14)6-12(15)16)7-9-3-2-4-10(5-9)8-13/h9-11,14H,2-8H2,1H3,(H,15,16). The van der Waals surface area contributed by atoms with E-state index in [-0.39, 0.29) is 11.8 Å². The molecule has 92 valence electrons. The van der Waals surface area contributed by atoms with Crippen molar-refractivity contribution in [2.75, 3.05) is 0 Å². The molecule has 0 radical (unpaired) electrons. The van der Waals surface area contributed by atoms with Crippen LogP contribution in [0.15, 0.2) is 0 Å². The lowest BCUT2D eigenvalue weighted by Gasteiger charge is -2.47. The van der Waals surface area contributed by atoms with Crippen molar-refractivity contribution in [2.24, 2.45) is 17.3 Å². The third-order valence-electron chi connectivity index (χ3n) is 4.57. The van der Waals surface area contributed by atoms with E-state index in [9.17, 15) is 9.90 Å². The Kier molecular flexibility index (Phi) is 3.24. The first-order chi connectivity index (χ1) is 7.49. The van der Waals surface area contributed by atoms with E-state index >= 15 is 0 Å². The molecule has 2 fully saturated rings. The van der Waals surface area contributed by atoms with Crippen LogP contribution in [0.1, 0.15) is 51.9 Å². The minimum Gasteiger partial charge on any atom is -0.481 e. The molecule has 2 bridgehead atoms. The average molecular weight is 226 g/mol. The van der Waals surface area contributed by atoms with Crippen molar-refractivity contribution in [3.8, 4) is 0 Å². The summed E-state index contributed by atoms with van der Waals surface area (Å²) in [5, 5.41) is 18.8. The van der Waals surface area contributed by atoms with Crippen LogP contribution in [0.3, 0.4) is 0 Å². The molecule has 2 rings (SSSR count). The molecule has 3 nitrogen and oxygen atoms in total. The molecule has 0 heterocycles. The molecule has 3 atom stereocenters. The van der Waals surface area contributed by atoms with E-state index in [1.165, 1.54) is 25.7 Å². The number of carboxylic acid groups (broad SMARTS) is 1. The fourth-order valence-electron chi connectivity index (χ4n) is 3.86. The fraction of sp³-hybridized carbons (Fsp3) is 0.923. The molecule has 2 aliphatic rings. The number of aliphatic hydroxyl groups is 1. The van der Waals surface area contributed by atoms with E-state index in [0.717, 1.165) is 24.7 Å². The molecule has 0 aliphatic heterocycles. The molecule has 2 N–H and O–H groups in total. The Morgan fingerprint density at radius 2 is 1.94 bits per heavy atom. The molecule has 0 aromatic heterocycles. The second-order valence-corrected chi connectivity index (χ2v) is 6.07. The number of carboxylic acids is 1. The average Bonchev–Trinajstić information content (AvgIpc) is 2.15. The van der Waals surface area contributed by atoms with E-state index in [0.29, 0.717) is 0 Å². The summed E-state index contributed by atoms with van der Waals surface area (Å²) in [5.74, 6) is 0.561. The number of aliphatic carboxylic acids is 1. The van der Waals surface area contributed by atoms with Gasteiger partial charge in [0.15, 0.2) is 0 Å². The van der Waals surface area contributed by atoms with Crippen molar-refractivity contribution in [3.63, 3.8) is 0 Å². The van der Waals surface area contributed by atoms with Gasteiger partial charge < -0.3 is 10.2 Å². The van der Waals surface area contributed by atoms with E-state index < -0.39 is 12.1 Å². The zero-order chi connectivity index (χ0) is 11.8. The van der Waals surface area contributed by atoms with Crippen LogP contribution < -0.4 is 0 Å². The largest absolute Gasteiger partial charge is 0.481 e. The van der Waals surface area contributed by atoms with Gasteiger partial charge >= 0.3 is 5.97 Å². The molecule has 3 unspecified atom stereocenters. The topological polar surface area (TPSA) is 57.5 Å². The van der Waals surface area contributed by atoms with E-state index in [1.54, 1.807) is 0 Å². The second kappa shape index (κ2) is 4.36. The highest BCUT2D eigenvalue weighted by Crippen LogP contribution is 2.50. The predicted molar refractivity (Wildman–Crippen MR) is 61.0 cm³/mol. The Morgan fingerprint density at radius 1 is 1.38 bits per heavy atom. The van der Waals surface area contributed by atoms with Gasteiger partial charge in [-0.1, -0.05) is 26.2 Å². The number of carbonyl (C=O) groups is 1. The van der Waals surface area contributed by atoms with Crippen molar-refractivity contribution in [1.82, 2.24) is 0 Å². The van der Waals surface area contributed by atoms with E-state index in [1.807, 2.05) is 0 Å². The molecular weight excluding hydrogens is 204 g/mol. The van der Waals surface area contributed by atoms with Crippen LogP contribution >= 0.6 is 0 Å². The Bertz CT molecular complexity index is 262. The number of fused-ring (bicyclic) bond motifs is 2. The van der Waals surface area contributed by atoms with Crippen LogP contribution in [0.2, 0.25) is 0 Å². The van der Waals surface area contributed by atoms with Gasteiger partial charge in [-0.05, 0) is 36.5 Å². The van der Waals surface area contributed by atoms with Gasteiger partial charge in [-0.25, -0.2) is 0 Å². The minimum absolute atomic E-state index is 0.101. The molecule has 2 saturated carbocycles. The summed E-state index contributed by atoms with van der Waals surface area (Å²) in [4.78, 5) is 10.7. The van der Waals surface area contributed by atoms with Gasteiger partial charge in [0.05, 0.1) is 12.5 Å². The summed E-state index contributed by atoms with van der Waals surface area (Å²) < 4.78 is 0.